The summed E-state index contributed by atoms with van der Waals surface area (Å²) in [6.45, 7) is 1.76. The van der Waals surface area contributed by atoms with Gasteiger partial charge in [-0.25, -0.2) is 9.97 Å². The molecule has 0 radical (unpaired) electrons. The maximum absolute atomic E-state index is 5.82. The van der Waals surface area contributed by atoms with Gasteiger partial charge in [0.15, 0.2) is 0 Å². The third-order valence-electron chi connectivity index (χ3n) is 4.34. The van der Waals surface area contributed by atoms with E-state index in [1.807, 2.05) is 6.20 Å². The van der Waals surface area contributed by atoms with E-state index in [-0.39, 0.29) is 0 Å². The van der Waals surface area contributed by atoms with Gasteiger partial charge in [-0.1, -0.05) is 12.8 Å². The van der Waals surface area contributed by atoms with Crippen molar-refractivity contribution in [2.45, 2.75) is 50.5 Å². The zero-order chi connectivity index (χ0) is 12.4. The van der Waals surface area contributed by atoms with Crippen molar-refractivity contribution in [1.29, 1.82) is 0 Å². The van der Waals surface area contributed by atoms with Crippen molar-refractivity contribution in [3.05, 3.63) is 18.0 Å². The summed E-state index contributed by atoms with van der Waals surface area (Å²) < 4.78 is 0. The Morgan fingerprint density at radius 3 is 2.83 bits per heavy atom. The fourth-order valence-corrected chi connectivity index (χ4v) is 3.29. The number of hydrogen-bond acceptors (Lipinski definition) is 4. The molecule has 1 aromatic heterocycles. The lowest BCUT2D eigenvalue weighted by Gasteiger charge is -2.24. The quantitative estimate of drug-likeness (QED) is 0.887. The lowest BCUT2D eigenvalue weighted by atomic mass is 10.0. The molecule has 1 saturated carbocycles. The van der Waals surface area contributed by atoms with Crippen molar-refractivity contribution in [1.82, 2.24) is 9.97 Å². The van der Waals surface area contributed by atoms with Crippen LogP contribution >= 0.6 is 0 Å². The van der Waals surface area contributed by atoms with Gasteiger partial charge in [0.1, 0.15) is 0 Å². The van der Waals surface area contributed by atoms with Gasteiger partial charge in [0, 0.05) is 36.9 Å². The third-order valence-corrected chi connectivity index (χ3v) is 4.34. The van der Waals surface area contributed by atoms with Crippen LogP contribution in [0, 0.1) is 0 Å². The number of nitrogens with zero attached hydrogens (tertiary/aromatic N) is 3. The van der Waals surface area contributed by atoms with E-state index in [2.05, 4.69) is 16.0 Å². The van der Waals surface area contributed by atoms with Crippen LogP contribution in [0.2, 0.25) is 0 Å². The van der Waals surface area contributed by atoms with E-state index in [4.69, 9.17) is 10.7 Å². The minimum absolute atomic E-state index is 0.434. The molecule has 3 rings (SSSR count). The first-order valence-corrected chi connectivity index (χ1v) is 7.18. The van der Waals surface area contributed by atoms with Crippen LogP contribution < -0.4 is 10.6 Å². The van der Waals surface area contributed by atoms with Crippen molar-refractivity contribution in [2.75, 3.05) is 18.0 Å². The van der Waals surface area contributed by atoms with Crippen LogP contribution in [0.4, 0.5) is 5.95 Å². The van der Waals surface area contributed by atoms with Crippen LogP contribution in [0.5, 0.6) is 0 Å². The van der Waals surface area contributed by atoms with E-state index in [0.717, 1.165) is 12.5 Å². The summed E-state index contributed by atoms with van der Waals surface area (Å²) in [6, 6.07) is 2.52. The summed E-state index contributed by atoms with van der Waals surface area (Å²) in [6.07, 6.45) is 9.57. The average molecular weight is 246 g/mol. The van der Waals surface area contributed by atoms with Crippen molar-refractivity contribution >= 4 is 5.95 Å². The number of nitrogens with two attached hydrogens (primary N) is 1. The fourth-order valence-electron chi connectivity index (χ4n) is 3.29. The Morgan fingerprint density at radius 1 is 1.22 bits per heavy atom. The molecule has 0 bridgehead atoms. The Hall–Kier alpha value is -1.16. The summed E-state index contributed by atoms with van der Waals surface area (Å²) in [5.74, 6) is 1.55. The van der Waals surface area contributed by atoms with E-state index in [9.17, 15) is 0 Å². The third kappa shape index (κ3) is 2.21. The second-order valence-corrected chi connectivity index (χ2v) is 5.49. The first-order valence-electron chi connectivity index (χ1n) is 7.18. The molecule has 98 valence electrons. The molecule has 18 heavy (non-hydrogen) atoms. The Bertz CT molecular complexity index is 401. The maximum Gasteiger partial charge on any atom is 0.225 e. The van der Waals surface area contributed by atoms with Crippen LogP contribution in [-0.4, -0.2) is 29.1 Å². The number of aromatic nitrogens is 2. The van der Waals surface area contributed by atoms with Gasteiger partial charge in [0.25, 0.3) is 0 Å². The highest BCUT2D eigenvalue weighted by atomic mass is 15.3. The first-order chi connectivity index (χ1) is 8.88. The molecule has 1 unspecified atom stereocenters. The van der Waals surface area contributed by atoms with Crippen LogP contribution in [0.3, 0.4) is 0 Å². The Kier molecular flexibility index (Phi) is 3.46. The SMILES string of the molecule is NCC1CCCN1c1nccc(C2CCCC2)n1. The highest BCUT2D eigenvalue weighted by Gasteiger charge is 2.26. The molecule has 2 fully saturated rings. The predicted octanol–water partition coefficient (Wildman–Crippen LogP) is 2.06. The van der Waals surface area contributed by atoms with Gasteiger partial charge in [-0.2, -0.15) is 0 Å². The zero-order valence-electron chi connectivity index (χ0n) is 10.9. The fraction of sp³-hybridized carbons (Fsp3) is 0.714. The molecule has 1 aliphatic carbocycles. The molecule has 0 aromatic carbocycles. The van der Waals surface area contributed by atoms with Crippen LogP contribution in [0.1, 0.15) is 50.1 Å². The van der Waals surface area contributed by atoms with Crippen molar-refractivity contribution < 1.29 is 0 Å². The molecule has 0 spiro atoms. The van der Waals surface area contributed by atoms with E-state index < -0.39 is 0 Å². The second-order valence-electron chi connectivity index (χ2n) is 5.49. The van der Waals surface area contributed by atoms with Gasteiger partial charge in [0.2, 0.25) is 5.95 Å². The lowest BCUT2D eigenvalue weighted by molar-refractivity contribution is 0.650. The number of hydrogen-bond donors (Lipinski definition) is 1. The van der Waals surface area contributed by atoms with E-state index >= 15 is 0 Å². The number of rotatable bonds is 3. The molecule has 1 aliphatic heterocycles. The molecule has 1 saturated heterocycles. The van der Waals surface area contributed by atoms with Gasteiger partial charge in [0.05, 0.1) is 0 Å². The standard InChI is InChI=1S/C14H22N4/c15-10-12-6-3-9-18(12)14-16-8-7-13(17-14)11-4-1-2-5-11/h7-8,11-12H,1-6,9-10,15H2. The van der Waals surface area contributed by atoms with Crippen molar-refractivity contribution in [3.8, 4) is 0 Å². The molecule has 1 aromatic rings. The van der Waals surface area contributed by atoms with E-state index in [0.29, 0.717) is 18.5 Å². The second kappa shape index (κ2) is 5.22. The predicted molar refractivity (Wildman–Crippen MR) is 72.7 cm³/mol. The molecule has 4 nitrogen and oxygen atoms in total. The van der Waals surface area contributed by atoms with E-state index in [1.165, 1.54) is 44.2 Å². The van der Waals surface area contributed by atoms with Gasteiger partial charge in [-0.3, -0.25) is 0 Å². The average Bonchev–Trinajstić information content (AvgIpc) is 3.10. The Labute approximate surface area is 109 Å². The molecular weight excluding hydrogens is 224 g/mol. The van der Waals surface area contributed by atoms with Gasteiger partial charge in [-0.05, 0) is 31.7 Å². The molecule has 2 aliphatic rings. The smallest absolute Gasteiger partial charge is 0.225 e. The van der Waals surface area contributed by atoms with Gasteiger partial charge < -0.3 is 10.6 Å². The summed E-state index contributed by atoms with van der Waals surface area (Å²) >= 11 is 0. The van der Waals surface area contributed by atoms with Gasteiger partial charge in [-0.15, -0.1) is 0 Å². The highest BCUT2D eigenvalue weighted by molar-refractivity contribution is 5.34. The normalized spacial score (nSPS) is 24.9. The Morgan fingerprint density at radius 2 is 2.06 bits per heavy atom. The number of anilines is 1. The van der Waals surface area contributed by atoms with Crippen LogP contribution in [0.15, 0.2) is 12.3 Å². The maximum atomic E-state index is 5.82. The molecule has 2 heterocycles. The topological polar surface area (TPSA) is 55.0 Å². The summed E-state index contributed by atoms with van der Waals surface area (Å²) in [5.41, 5.74) is 7.06. The minimum Gasteiger partial charge on any atom is -0.337 e. The molecular formula is C14H22N4. The monoisotopic (exact) mass is 246 g/mol. The minimum atomic E-state index is 0.434. The largest absolute Gasteiger partial charge is 0.337 e. The first kappa shape index (κ1) is 11.9. The molecule has 1 atom stereocenters. The molecule has 4 heteroatoms. The van der Waals surface area contributed by atoms with Crippen molar-refractivity contribution in [2.24, 2.45) is 5.73 Å². The Balaban J connectivity index is 1.81. The highest BCUT2D eigenvalue weighted by Crippen LogP contribution is 2.33. The van der Waals surface area contributed by atoms with Crippen LogP contribution in [0.25, 0.3) is 0 Å². The summed E-state index contributed by atoms with van der Waals surface area (Å²) in [4.78, 5) is 11.5. The van der Waals surface area contributed by atoms with Crippen molar-refractivity contribution in [3.63, 3.8) is 0 Å². The molecule has 0 amide bonds. The van der Waals surface area contributed by atoms with Gasteiger partial charge >= 0.3 is 0 Å². The van der Waals surface area contributed by atoms with E-state index in [1.54, 1.807) is 0 Å². The zero-order valence-corrected chi connectivity index (χ0v) is 10.9. The van der Waals surface area contributed by atoms with Crippen LogP contribution in [-0.2, 0) is 0 Å². The lowest BCUT2D eigenvalue weighted by Crippen LogP contribution is -2.36. The summed E-state index contributed by atoms with van der Waals surface area (Å²) in [7, 11) is 0. The summed E-state index contributed by atoms with van der Waals surface area (Å²) in [5, 5.41) is 0. The molecule has 2 N–H and O–H groups in total.